The van der Waals surface area contributed by atoms with Crippen molar-refractivity contribution in [3.05, 3.63) is 55.6 Å². The van der Waals surface area contributed by atoms with E-state index in [1.54, 1.807) is 12.1 Å². The largest absolute Gasteiger partial charge is 0.375 e. The Balaban J connectivity index is 2.28. The second-order valence-corrected chi connectivity index (χ2v) is 5.45. The van der Waals surface area contributed by atoms with Crippen molar-refractivity contribution in [3.63, 3.8) is 0 Å². The molecule has 0 aliphatic rings. The molecule has 7 heteroatoms. The Morgan fingerprint density at radius 2 is 2.29 bits per heavy atom. The zero-order valence-corrected chi connectivity index (χ0v) is 13.1. The van der Waals surface area contributed by atoms with Crippen LogP contribution >= 0.6 is 27.5 Å². The monoisotopic (exact) mass is 369 g/mol. The van der Waals surface area contributed by atoms with Gasteiger partial charge in [-0.05, 0) is 18.2 Å². The zero-order valence-electron chi connectivity index (χ0n) is 10.7. The summed E-state index contributed by atoms with van der Waals surface area (Å²) in [6, 6.07) is 4.56. The van der Waals surface area contributed by atoms with Gasteiger partial charge in [-0.3, -0.25) is 4.79 Å². The van der Waals surface area contributed by atoms with Crippen LogP contribution < -0.4 is 10.9 Å². The van der Waals surface area contributed by atoms with Gasteiger partial charge in [-0.1, -0.05) is 33.5 Å². The van der Waals surface area contributed by atoms with Crippen LogP contribution in [-0.4, -0.2) is 9.78 Å². The van der Waals surface area contributed by atoms with E-state index in [0.29, 0.717) is 5.56 Å². The predicted molar refractivity (Wildman–Crippen MR) is 83.8 cm³/mol. The van der Waals surface area contributed by atoms with Crippen molar-refractivity contribution >= 4 is 33.2 Å². The Bertz CT molecular complexity index is 770. The summed E-state index contributed by atoms with van der Waals surface area (Å²) in [4.78, 5) is 12.1. The fourth-order valence-electron chi connectivity index (χ4n) is 1.69. The third-order valence-electron chi connectivity index (χ3n) is 2.70. The van der Waals surface area contributed by atoms with Crippen LogP contribution in [0.2, 0.25) is 5.02 Å². The molecule has 0 atom stereocenters. The van der Waals surface area contributed by atoms with Crippen LogP contribution in [0, 0.1) is 18.2 Å². The van der Waals surface area contributed by atoms with E-state index in [0.717, 1.165) is 9.15 Å². The van der Waals surface area contributed by atoms with E-state index in [9.17, 15) is 9.18 Å². The number of rotatable bonds is 4. The van der Waals surface area contributed by atoms with Gasteiger partial charge >= 0.3 is 0 Å². The van der Waals surface area contributed by atoms with E-state index < -0.39 is 5.56 Å². The van der Waals surface area contributed by atoms with E-state index in [2.05, 4.69) is 32.3 Å². The third-order valence-corrected chi connectivity index (χ3v) is 3.48. The minimum Gasteiger partial charge on any atom is -0.375 e. The molecule has 0 bridgehead atoms. The highest BCUT2D eigenvalue weighted by molar-refractivity contribution is 9.10. The van der Waals surface area contributed by atoms with E-state index in [1.165, 1.54) is 12.3 Å². The molecule has 2 aromatic rings. The molecule has 0 aliphatic heterocycles. The van der Waals surface area contributed by atoms with Gasteiger partial charge in [0.05, 0.1) is 11.2 Å². The summed E-state index contributed by atoms with van der Waals surface area (Å²) in [5.41, 5.74) is 0.0947. The molecular weight excluding hydrogens is 361 g/mol. The molecule has 0 radical (unpaired) electrons. The van der Waals surface area contributed by atoms with Gasteiger partial charge in [-0.25, -0.2) is 9.07 Å². The molecule has 2 rings (SSSR count). The molecule has 0 fully saturated rings. The highest BCUT2D eigenvalue weighted by Crippen LogP contribution is 2.19. The topological polar surface area (TPSA) is 46.9 Å². The highest BCUT2D eigenvalue weighted by atomic mass is 79.9. The fraction of sp³-hybridized carbons (Fsp3) is 0.143. The molecule has 0 amide bonds. The van der Waals surface area contributed by atoms with Crippen LogP contribution in [0.25, 0.3) is 0 Å². The molecule has 1 aromatic heterocycles. The van der Waals surface area contributed by atoms with Crippen LogP contribution in [0.1, 0.15) is 5.56 Å². The molecule has 1 N–H and O–H groups in total. The summed E-state index contributed by atoms with van der Waals surface area (Å²) in [7, 11) is 0. The lowest BCUT2D eigenvalue weighted by Gasteiger charge is -2.10. The van der Waals surface area contributed by atoms with Crippen molar-refractivity contribution in [1.82, 2.24) is 9.78 Å². The summed E-state index contributed by atoms with van der Waals surface area (Å²) in [5.74, 6) is 1.95. The number of nitrogens with one attached hydrogen (secondary N) is 1. The van der Waals surface area contributed by atoms with Gasteiger partial charge in [0, 0.05) is 16.6 Å². The smallest absolute Gasteiger partial charge is 0.292 e. The van der Waals surface area contributed by atoms with E-state index in [-0.39, 0.29) is 29.6 Å². The standard InChI is InChI=1S/C14H10BrClFN3O/c1-2-5-20-14(21)13(11(16)8-19-20)18-7-9-6-10(15)3-4-12(9)17/h1,3-4,6,8,18H,5,7H2. The molecule has 0 saturated heterocycles. The van der Waals surface area contributed by atoms with E-state index in [4.69, 9.17) is 18.0 Å². The van der Waals surface area contributed by atoms with Crippen LogP contribution in [0.15, 0.2) is 33.7 Å². The van der Waals surface area contributed by atoms with Gasteiger partial charge in [-0.15, -0.1) is 6.42 Å². The maximum absolute atomic E-state index is 13.7. The maximum Gasteiger partial charge on any atom is 0.292 e. The number of hydrogen-bond acceptors (Lipinski definition) is 3. The molecule has 21 heavy (non-hydrogen) atoms. The van der Waals surface area contributed by atoms with Crippen LogP contribution in [-0.2, 0) is 13.1 Å². The van der Waals surface area contributed by atoms with Crippen molar-refractivity contribution in [1.29, 1.82) is 0 Å². The van der Waals surface area contributed by atoms with Crippen LogP contribution in [0.4, 0.5) is 10.1 Å². The van der Waals surface area contributed by atoms with Gasteiger partial charge in [0.25, 0.3) is 5.56 Å². The number of halogens is 3. The molecule has 1 aromatic carbocycles. The normalized spacial score (nSPS) is 10.2. The summed E-state index contributed by atoms with van der Waals surface area (Å²) >= 11 is 9.21. The van der Waals surface area contributed by atoms with Crippen LogP contribution in [0.5, 0.6) is 0 Å². The minimum absolute atomic E-state index is 0.0376. The van der Waals surface area contributed by atoms with Crippen LogP contribution in [0.3, 0.4) is 0 Å². The molecule has 0 aliphatic carbocycles. The van der Waals surface area contributed by atoms with Gasteiger partial charge in [0.1, 0.15) is 18.0 Å². The Labute approximate surface area is 134 Å². The third kappa shape index (κ3) is 3.63. The number of nitrogens with zero attached hydrogens (tertiary/aromatic N) is 2. The van der Waals surface area contributed by atoms with E-state index >= 15 is 0 Å². The Morgan fingerprint density at radius 3 is 3.00 bits per heavy atom. The van der Waals surface area contributed by atoms with Crippen molar-refractivity contribution in [2.45, 2.75) is 13.1 Å². The van der Waals surface area contributed by atoms with Crippen molar-refractivity contribution < 1.29 is 4.39 Å². The molecule has 1 heterocycles. The molecule has 0 saturated carbocycles. The summed E-state index contributed by atoms with van der Waals surface area (Å²) in [6.45, 7) is 0.149. The number of benzene rings is 1. The SMILES string of the molecule is C#CCn1ncc(Cl)c(NCc2cc(Br)ccc2F)c1=O. The number of aromatic nitrogens is 2. The summed E-state index contributed by atoms with van der Waals surface area (Å²) < 4.78 is 15.5. The first-order valence-corrected chi connectivity index (χ1v) is 7.07. The fourth-order valence-corrected chi connectivity index (χ4v) is 2.29. The Kier molecular flexibility index (Phi) is 4.99. The lowest BCUT2D eigenvalue weighted by atomic mass is 10.2. The quantitative estimate of drug-likeness (QED) is 0.842. The zero-order chi connectivity index (χ0) is 15.4. The predicted octanol–water partition coefficient (Wildman–Crippen LogP) is 3.04. The average molecular weight is 371 g/mol. The first kappa shape index (κ1) is 15.5. The average Bonchev–Trinajstić information content (AvgIpc) is 2.45. The van der Waals surface area contributed by atoms with Gasteiger partial charge in [0.2, 0.25) is 0 Å². The van der Waals surface area contributed by atoms with Crippen molar-refractivity contribution in [2.75, 3.05) is 5.32 Å². The van der Waals surface area contributed by atoms with Gasteiger partial charge < -0.3 is 5.32 Å². The molecule has 0 unspecified atom stereocenters. The molecule has 0 spiro atoms. The van der Waals surface area contributed by atoms with Gasteiger partial charge in [-0.2, -0.15) is 5.10 Å². The summed E-state index contributed by atoms with van der Waals surface area (Å²) in [5, 5.41) is 6.81. The minimum atomic E-state index is -0.448. The summed E-state index contributed by atoms with van der Waals surface area (Å²) in [6.07, 6.45) is 6.48. The lowest BCUT2D eigenvalue weighted by molar-refractivity contribution is 0.612. The number of hydrogen-bond donors (Lipinski definition) is 1. The first-order chi connectivity index (χ1) is 10.0. The van der Waals surface area contributed by atoms with Gasteiger partial charge in [0.15, 0.2) is 0 Å². The van der Waals surface area contributed by atoms with Crippen molar-refractivity contribution in [2.24, 2.45) is 0 Å². The second-order valence-electron chi connectivity index (χ2n) is 4.12. The molecule has 4 nitrogen and oxygen atoms in total. The Morgan fingerprint density at radius 1 is 1.52 bits per heavy atom. The number of terminal acetylenes is 1. The molecule has 108 valence electrons. The first-order valence-electron chi connectivity index (χ1n) is 5.90. The second kappa shape index (κ2) is 6.74. The maximum atomic E-state index is 13.7. The van der Waals surface area contributed by atoms with E-state index in [1.807, 2.05) is 0 Å². The lowest BCUT2D eigenvalue weighted by Crippen LogP contribution is -2.25. The Hall–Kier alpha value is -1.84. The number of anilines is 1. The molecular formula is C14H10BrClFN3O. The van der Waals surface area contributed by atoms with Crippen molar-refractivity contribution in [3.8, 4) is 12.3 Å². The highest BCUT2D eigenvalue weighted by Gasteiger charge is 2.10.